The number of hydrogen-bond donors (Lipinski definition) is 1. The summed E-state index contributed by atoms with van der Waals surface area (Å²) < 4.78 is 14.5. The predicted octanol–water partition coefficient (Wildman–Crippen LogP) is 4.45. The minimum Gasteiger partial charge on any atom is -0.326 e. The molecule has 1 fully saturated rings. The Hall–Kier alpha value is -4.04. The first kappa shape index (κ1) is 25.1. The number of halogens is 2. The molecule has 1 atom stereocenters. The summed E-state index contributed by atoms with van der Waals surface area (Å²) in [5.41, 5.74) is 1.48. The summed E-state index contributed by atoms with van der Waals surface area (Å²) in [5.74, 6) is -2.70. The second kappa shape index (κ2) is 10.7. The van der Waals surface area contributed by atoms with Crippen molar-refractivity contribution in [1.82, 2.24) is 4.90 Å². The van der Waals surface area contributed by atoms with Gasteiger partial charge in [0, 0.05) is 24.2 Å². The molecule has 0 bridgehead atoms. The highest BCUT2D eigenvalue weighted by Gasteiger charge is 2.44. The number of carbonyl (C=O) groups is 4. The number of imide groups is 1. The lowest BCUT2D eigenvalue weighted by Crippen LogP contribution is -2.46. The van der Waals surface area contributed by atoms with E-state index in [0.717, 1.165) is 10.5 Å². The van der Waals surface area contributed by atoms with E-state index in [1.165, 1.54) is 36.1 Å². The molecular weight excluding hydrogens is 485 g/mol. The number of carbonyl (C=O) groups excluding carboxylic acids is 4. The summed E-state index contributed by atoms with van der Waals surface area (Å²) in [6.45, 7) is 1.45. The second-order valence-electron chi connectivity index (χ2n) is 8.37. The molecule has 36 heavy (non-hydrogen) atoms. The highest BCUT2D eigenvalue weighted by atomic mass is 35.5. The summed E-state index contributed by atoms with van der Waals surface area (Å²) in [4.78, 5) is 53.3. The summed E-state index contributed by atoms with van der Waals surface area (Å²) in [6, 6.07) is 17.7. The first-order valence-corrected chi connectivity index (χ1v) is 11.7. The molecule has 0 radical (unpaired) electrons. The van der Waals surface area contributed by atoms with E-state index in [4.69, 9.17) is 11.6 Å². The van der Waals surface area contributed by atoms with E-state index >= 15 is 0 Å². The van der Waals surface area contributed by atoms with E-state index in [2.05, 4.69) is 5.32 Å². The minimum atomic E-state index is -1.10. The number of amides is 4. The average molecular weight is 508 g/mol. The minimum absolute atomic E-state index is 0.0759. The topological polar surface area (TPSA) is 86.8 Å². The number of nitrogens with zero attached hydrogens (tertiary/aromatic N) is 2. The van der Waals surface area contributed by atoms with Crippen molar-refractivity contribution < 1.29 is 23.6 Å². The van der Waals surface area contributed by atoms with Crippen molar-refractivity contribution in [3.63, 3.8) is 0 Å². The quantitative estimate of drug-likeness (QED) is 0.478. The van der Waals surface area contributed by atoms with Crippen LogP contribution in [0.25, 0.3) is 0 Å². The third-order valence-corrected chi connectivity index (χ3v) is 6.08. The van der Waals surface area contributed by atoms with Crippen molar-refractivity contribution in [3.8, 4) is 0 Å². The van der Waals surface area contributed by atoms with Gasteiger partial charge in [-0.3, -0.25) is 19.2 Å². The molecule has 1 saturated heterocycles. The van der Waals surface area contributed by atoms with Gasteiger partial charge in [0.05, 0.1) is 17.7 Å². The van der Waals surface area contributed by atoms with Crippen LogP contribution in [0.4, 0.5) is 15.8 Å². The molecule has 4 rings (SSSR count). The summed E-state index contributed by atoms with van der Waals surface area (Å²) in [7, 11) is 0. The molecule has 0 aromatic heterocycles. The maximum absolute atomic E-state index is 14.5. The van der Waals surface area contributed by atoms with Crippen LogP contribution in [0.3, 0.4) is 0 Å². The summed E-state index contributed by atoms with van der Waals surface area (Å²) >= 11 is 6.08. The van der Waals surface area contributed by atoms with Crippen LogP contribution < -0.4 is 10.2 Å². The number of benzene rings is 3. The number of hydrogen-bond acceptors (Lipinski definition) is 4. The molecule has 1 unspecified atom stereocenters. The van der Waals surface area contributed by atoms with E-state index < -0.39 is 29.6 Å². The lowest BCUT2D eigenvalue weighted by molar-refractivity contribution is -0.122. The highest BCUT2D eigenvalue weighted by Crippen LogP contribution is 2.28. The maximum atomic E-state index is 14.5. The highest BCUT2D eigenvalue weighted by molar-refractivity contribution is 6.30. The first-order chi connectivity index (χ1) is 17.2. The van der Waals surface area contributed by atoms with Gasteiger partial charge in [-0.25, -0.2) is 9.29 Å². The summed E-state index contributed by atoms with van der Waals surface area (Å²) in [6.07, 6.45) is 0.117. The second-order valence-corrected chi connectivity index (χ2v) is 8.81. The molecule has 3 aromatic carbocycles. The number of rotatable bonds is 7. The Labute approximate surface area is 212 Å². The van der Waals surface area contributed by atoms with Gasteiger partial charge < -0.3 is 10.2 Å². The predicted molar refractivity (Wildman–Crippen MR) is 134 cm³/mol. The SMILES string of the molecule is CC(=O)Nc1ccc(N2C(=O)CC(N(CCc3cccc(Cl)c3)C(=O)c3ccccc3F)C2=O)cc1. The zero-order valence-corrected chi connectivity index (χ0v) is 20.2. The van der Waals surface area contributed by atoms with E-state index in [0.29, 0.717) is 22.8 Å². The van der Waals surface area contributed by atoms with Gasteiger partial charge in [-0.15, -0.1) is 0 Å². The van der Waals surface area contributed by atoms with Crippen molar-refractivity contribution >= 4 is 46.6 Å². The van der Waals surface area contributed by atoms with Crippen LogP contribution in [-0.4, -0.2) is 41.1 Å². The first-order valence-electron chi connectivity index (χ1n) is 11.3. The fraction of sp³-hybridized carbons (Fsp3) is 0.185. The Kier molecular flexibility index (Phi) is 7.45. The van der Waals surface area contributed by atoms with Gasteiger partial charge >= 0.3 is 0 Å². The van der Waals surface area contributed by atoms with Crippen LogP contribution in [0.5, 0.6) is 0 Å². The van der Waals surface area contributed by atoms with Gasteiger partial charge in [-0.2, -0.15) is 0 Å². The molecule has 184 valence electrons. The number of nitrogens with one attached hydrogen (secondary N) is 1. The Morgan fingerprint density at radius 3 is 2.44 bits per heavy atom. The Morgan fingerprint density at radius 1 is 1.06 bits per heavy atom. The maximum Gasteiger partial charge on any atom is 0.257 e. The fourth-order valence-corrected chi connectivity index (χ4v) is 4.37. The van der Waals surface area contributed by atoms with Crippen LogP contribution in [-0.2, 0) is 20.8 Å². The van der Waals surface area contributed by atoms with Crippen LogP contribution in [0.1, 0.15) is 29.3 Å². The van der Waals surface area contributed by atoms with Crippen molar-refractivity contribution in [2.45, 2.75) is 25.8 Å². The molecular formula is C27H23ClFN3O4. The van der Waals surface area contributed by atoms with Crippen molar-refractivity contribution in [3.05, 3.63) is 94.8 Å². The van der Waals surface area contributed by atoms with Gasteiger partial charge in [0.15, 0.2) is 0 Å². The lowest BCUT2D eigenvalue weighted by Gasteiger charge is -2.28. The lowest BCUT2D eigenvalue weighted by atomic mass is 10.1. The average Bonchev–Trinajstić information content (AvgIpc) is 3.13. The Bertz CT molecular complexity index is 1330. The Balaban J connectivity index is 1.62. The largest absolute Gasteiger partial charge is 0.326 e. The zero-order valence-electron chi connectivity index (χ0n) is 19.4. The third-order valence-electron chi connectivity index (χ3n) is 5.84. The van der Waals surface area contributed by atoms with Gasteiger partial charge in [-0.05, 0) is 60.5 Å². The van der Waals surface area contributed by atoms with E-state index in [1.807, 2.05) is 6.07 Å². The molecule has 1 heterocycles. The molecule has 1 N–H and O–H groups in total. The molecule has 3 aromatic rings. The number of anilines is 2. The van der Waals surface area contributed by atoms with Crippen molar-refractivity contribution in [1.29, 1.82) is 0 Å². The van der Waals surface area contributed by atoms with Crippen molar-refractivity contribution in [2.75, 3.05) is 16.8 Å². The third kappa shape index (κ3) is 5.44. The Morgan fingerprint density at radius 2 is 1.78 bits per heavy atom. The fourth-order valence-electron chi connectivity index (χ4n) is 4.16. The smallest absolute Gasteiger partial charge is 0.257 e. The monoisotopic (exact) mass is 507 g/mol. The van der Waals surface area contributed by atoms with Gasteiger partial charge in [0.2, 0.25) is 11.8 Å². The van der Waals surface area contributed by atoms with Crippen molar-refractivity contribution in [2.24, 2.45) is 0 Å². The van der Waals surface area contributed by atoms with Crippen LogP contribution in [0, 0.1) is 5.82 Å². The van der Waals surface area contributed by atoms with Gasteiger partial charge in [0.1, 0.15) is 11.9 Å². The van der Waals surface area contributed by atoms with Crippen LogP contribution in [0.2, 0.25) is 5.02 Å². The van der Waals surface area contributed by atoms with E-state index in [-0.39, 0.29) is 24.4 Å². The van der Waals surface area contributed by atoms with E-state index in [1.54, 1.807) is 42.5 Å². The molecule has 0 aliphatic carbocycles. The molecule has 9 heteroatoms. The molecule has 4 amide bonds. The molecule has 1 aliphatic rings. The normalized spacial score (nSPS) is 15.2. The molecule has 1 aliphatic heterocycles. The summed E-state index contributed by atoms with van der Waals surface area (Å²) in [5, 5.41) is 3.15. The standard InChI is InChI=1S/C27H23ClFN3O4/c1-17(33)30-20-9-11-21(12-10-20)32-25(34)16-24(27(32)36)31(14-13-18-5-4-6-19(28)15-18)26(35)22-7-2-3-8-23(22)29/h2-12,15,24H,13-14,16H2,1H3,(H,30,33). The van der Waals surface area contributed by atoms with Crippen LogP contribution >= 0.6 is 11.6 Å². The molecule has 7 nitrogen and oxygen atoms in total. The molecule has 0 saturated carbocycles. The van der Waals surface area contributed by atoms with Gasteiger partial charge in [-0.1, -0.05) is 35.9 Å². The van der Waals surface area contributed by atoms with E-state index in [9.17, 15) is 23.6 Å². The van der Waals surface area contributed by atoms with Crippen LogP contribution in [0.15, 0.2) is 72.8 Å². The van der Waals surface area contributed by atoms with Gasteiger partial charge in [0.25, 0.3) is 11.8 Å². The molecule has 0 spiro atoms. The zero-order chi connectivity index (χ0) is 25.8.